The third-order valence-electron chi connectivity index (χ3n) is 5.68. The maximum absolute atomic E-state index is 13.5. The van der Waals surface area contributed by atoms with E-state index in [9.17, 15) is 17.6 Å². The number of hydrogen-bond acceptors (Lipinski definition) is 4. The quantitative estimate of drug-likeness (QED) is 0.515. The van der Waals surface area contributed by atoms with E-state index in [1.807, 2.05) is 35.0 Å². The molecule has 1 atom stereocenters. The van der Waals surface area contributed by atoms with Crippen molar-refractivity contribution in [3.8, 4) is 16.9 Å². The van der Waals surface area contributed by atoms with E-state index in [4.69, 9.17) is 0 Å². The summed E-state index contributed by atoms with van der Waals surface area (Å²) in [7, 11) is -3.09. The van der Waals surface area contributed by atoms with Crippen LogP contribution < -0.4 is 5.32 Å². The average Bonchev–Trinajstić information content (AvgIpc) is 3.34. The van der Waals surface area contributed by atoms with Crippen molar-refractivity contribution < 1.29 is 17.6 Å². The van der Waals surface area contributed by atoms with Crippen molar-refractivity contribution in [3.05, 3.63) is 84.4 Å². The van der Waals surface area contributed by atoms with Gasteiger partial charge in [-0.1, -0.05) is 12.1 Å². The summed E-state index contributed by atoms with van der Waals surface area (Å²) in [4.78, 5) is 17.3. The maximum atomic E-state index is 13.5. The highest BCUT2D eigenvalue weighted by atomic mass is 32.2. The van der Waals surface area contributed by atoms with Gasteiger partial charge in [0.05, 0.1) is 22.7 Å². The Kier molecular flexibility index (Phi) is 5.01. The Balaban J connectivity index is 1.58. The van der Waals surface area contributed by atoms with E-state index in [-0.39, 0.29) is 29.3 Å². The van der Waals surface area contributed by atoms with Crippen molar-refractivity contribution >= 4 is 26.6 Å². The second-order valence-electron chi connectivity index (χ2n) is 7.91. The molecule has 1 aliphatic rings. The molecule has 6 nitrogen and oxygen atoms in total. The van der Waals surface area contributed by atoms with Crippen LogP contribution in [0.25, 0.3) is 27.8 Å². The van der Waals surface area contributed by atoms with Gasteiger partial charge in [0, 0.05) is 40.6 Å². The molecular weight excluding hydrogens is 429 g/mol. The Morgan fingerprint density at radius 1 is 1.09 bits per heavy atom. The highest BCUT2D eigenvalue weighted by molar-refractivity contribution is 7.91. The molecule has 0 saturated carbocycles. The molecule has 8 heteroatoms. The molecule has 1 amide bonds. The SMILES string of the molecule is O=C(NC1CCS(=O)(=O)C1)c1ccc2c(-c3ccccn3)cn(-c3ccc(F)cc3)c2c1. The summed E-state index contributed by atoms with van der Waals surface area (Å²) in [6, 6.07) is 16.8. The van der Waals surface area contributed by atoms with Gasteiger partial charge in [-0.15, -0.1) is 0 Å². The summed E-state index contributed by atoms with van der Waals surface area (Å²) in [6.45, 7) is 0. The predicted molar refractivity (Wildman–Crippen MR) is 121 cm³/mol. The normalized spacial score (nSPS) is 17.5. The monoisotopic (exact) mass is 449 g/mol. The van der Waals surface area contributed by atoms with Crippen molar-refractivity contribution in [1.82, 2.24) is 14.9 Å². The molecule has 2 aromatic carbocycles. The summed E-state index contributed by atoms with van der Waals surface area (Å²) in [5.74, 6) is -0.587. The largest absolute Gasteiger partial charge is 0.348 e. The second-order valence-corrected chi connectivity index (χ2v) is 10.1. The van der Waals surface area contributed by atoms with Crippen LogP contribution in [-0.2, 0) is 9.84 Å². The third kappa shape index (κ3) is 3.89. The number of rotatable bonds is 4. The van der Waals surface area contributed by atoms with Gasteiger partial charge in [0.1, 0.15) is 5.82 Å². The highest BCUT2D eigenvalue weighted by Gasteiger charge is 2.29. The maximum Gasteiger partial charge on any atom is 0.251 e. The molecule has 162 valence electrons. The van der Waals surface area contributed by atoms with Crippen LogP contribution >= 0.6 is 0 Å². The van der Waals surface area contributed by atoms with Crippen molar-refractivity contribution in [2.24, 2.45) is 0 Å². The molecule has 4 aromatic rings. The number of halogens is 1. The topological polar surface area (TPSA) is 81.1 Å². The first kappa shape index (κ1) is 20.4. The van der Waals surface area contributed by atoms with E-state index < -0.39 is 9.84 Å². The number of sulfone groups is 1. The van der Waals surface area contributed by atoms with Crippen LogP contribution in [0.3, 0.4) is 0 Å². The van der Waals surface area contributed by atoms with Crippen LogP contribution in [0.1, 0.15) is 16.8 Å². The zero-order chi connectivity index (χ0) is 22.3. The first-order valence-electron chi connectivity index (χ1n) is 10.2. The van der Waals surface area contributed by atoms with Crippen LogP contribution in [0.5, 0.6) is 0 Å². The molecule has 2 aromatic heterocycles. The van der Waals surface area contributed by atoms with Crippen molar-refractivity contribution in [2.75, 3.05) is 11.5 Å². The van der Waals surface area contributed by atoms with Gasteiger partial charge >= 0.3 is 0 Å². The minimum absolute atomic E-state index is 0.0310. The third-order valence-corrected chi connectivity index (χ3v) is 7.45. The second kappa shape index (κ2) is 7.87. The van der Waals surface area contributed by atoms with Gasteiger partial charge in [-0.05, 0) is 55.0 Å². The minimum Gasteiger partial charge on any atom is -0.348 e. The fourth-order valence-electron chi connectivity index (χ4n) is 4.09. The van der Waals surface area contributed by atoms with Crippen LogP contribution in [0, 0.1) is 5.82 Å². The van der Waals surface area contributed by atoms with Gasteiger partial charge < -0.3 is 9.88 Å². The van der Waals surface area contributed by atoms with E-state index in [1.54, 1.807) is 30.5 Å². The lowest BCUT2D eigenvalue weighted by molar-refractivity contribution is 0.0941. The van der Waals surface area contributed by atoms with Crippen molar-refractivity contribution in [2.45, 2.75) is 12.5 Å². The summed E-state index contributed by atoms with van der Waals surface area (Å²) in [5, 5.41) is 3.73. The predicted octanol–water partition coefficient (Wildman–Crippen LogP) is 3.75. The fourth-order valence-corrected chi connectivity index (χ4v) is 5.76. The molecule has 5 rings (SSSR count). The lowest BCUT2D eigenvalue weighted by Gasteiger charge is -2.11. The van der Waals surface area contributed by atoms with E-state index >= 15 is 0 Å². The molecule has 0 spiro atoms. The molecule has 0 bridgehead atoms. The Hall–Kier alpha value is -3.52. The summed E-state index contributed by atoms with van der Waals surface area (Å²) >= 11 is 0. The number of carbonyl (C=O) groups is 1. The van der Waals surface area contributed by atoms with Crippen molar-refractivity contribution in [1.29, 1.82) is 0 Å². The molecule has 32 heavy (non-hydrogen) atoms. The van der Waals surface area contributed by atoms with Crippen LogP contribution in [0.2, 0.25) is 0 Å². The van der Waals surface area contributed by atoms with Crippen molar-refractivity contribution in [3.63, 3.8) is 0 Å². The zero-order valence-corrected chi connectivity index (χ0v) is 17.8. The number of pyridine rings is 1. The van der Waals surface area contributed by atoms with Gasteiger partial charge in [-0.25, -0.2) is 12.8 Å². The van der Waals surface area contributed by atoms with E-state index in [1.165, 1.54) is 12.1 Å². The van der Waals surface area contributed by atoms with E-state index in [0.29, 0.717) is 12.0 Å². The minimum atomic E-state index is -3.09. The smallest absolute Gasteiger partial charge is 0.251 e. The Labute approximate surface area is 184 Å². The molecule has 0 radical (unpaired) electrons. The number of amides is 1. The first-order chi connectivity index (χ1) is 15.4. The Bertz CT molecular complexity index is 1410. The molecule has 3 heterocycles. The van der Waals surface area contributed by atoms with Gasteiger partial charge in [0.15, 0.2) is 9.84 Å². The van der Waals surface area contributed by atoms with E-state index in [2.05, 4.69) is 10.3 Å². The van der Waals surface area contributed by atoms with Crippen LogP contribution in [0.15, 0.2) is 73.1 Å². The zero-order valence-electron chi connectivity index (χ0n) is 17.0. The molecular formula is C24H20FN3O3S. The van der Waals surface area contributed by atoms with Gasteiger partial charge in [0.2, 0.25) is 0 Å². The number of benzene rings is 2. The number of carbonyl (C=O) groups excluding carboxylic acids is 1. The van der Waals surface area contributed by atoms with Crippen LogP contribution in [-0.4, -0.2) is 41.4 Å². The summed E-state index contributed by atoms with van der Waals surface area (Å²) in [5.41, 5.74) is 3.61. The van der Waals surface area contributed by atoms with Gasteiger partial charge in [0.25, 0.3) is 5.91 Å². The molecule has 0 aliphatic carbocycles. The number of fused-ring (bicyclic) bond motifs is 1. The standard InChI is InChI=1S/C24H20FN3O3S/c25-17-5-7-19(8-6-17)28-14-21(22-3-1-2-11-26-22)20-9-4-16(13-23(20)28)24(29)27-18-10-12-32(30,31)15-18/h1-9,11,13-14,18H,10,12,15H2,(H,27,29). The number of nitrogens with one attached hydrogen (secondary N) is 1. The molecule has 1 N–H and O–H groups in total. The summed E-state index contributed by atoms with van der Waals surface area (Å²) < 4.78 is 38.8. The molecule has 1 fully saturated rings. The van der Waals surface area contributed by atoms with Gasteiger partial charge in [-0.2, -0.15) is 0 Å². The fraction of sp³-hybridized carbons (Fsp3) is 0.167. The lowest BCUT2D eigenvalue weighted by Crippen LogP contribution is -2.35. The summed E-state index contributed by atoms with van der Waals surface area (Å²) in [6.07, 6.45) is 4.06. The molecule has 1 saturated heterocycles. The highest BCUT2D eigenvalue weighted by Crippen LogP contribution is 2.32. The lowest BCUT2D eigenvalue weighted by atomic mass is 10.1. The molecule has 1 unspecified atom stereocenters. The molecule has 1 aliphatic heterocycles. The first-order valence-corrected chi connectivity index (χ1v) is 12.1. The average molecular weight is 450 g/mol. The Morgan fingerprint density at radius 3 is 2.59 bits per heavy atom. The number of nitrogens with zero attached hydrogens (tertiary/aromatic N) is 2. The number of aromatic nitrogens is 2. The Morgan fingerprint density at radius 2 is 1.91 bits per heavy atom. The van der Waals surface area contributed by atoms with E-state index in [0.717, 1.165) is 27.8 Å². The number of hydrogen-bond donors (Lipinski definition) is 1. The van der Waals surface area contributed by atoms with Gasteiger partial charge in [-0.3, -0.25) is 9.78 Å². The van der Waals surface area contributed by atoms with Crippen LogP contribution in [0.4, 0.5) is 4.39 Å².